The maximum absolute atomic E-state index is 9.30. The summed E-state index contributed by atoms with van der Waals surface area (Å²) < 4.78 is 2.01. The highest BCUT2D eigenvalue weighted by Gasteiger charge is 2.36. The first-order valence-corrected chi connectivity index (χ1v) is 7.50. The summed E-state index contributed by atoms with van der Waals surface area (Å²) in [6, 6.07) is 4.18. The molecule has 0 radical (unpaired) electrons. The van der Waals surface area contributed by atoms with Crippen molar-refractivity contribution in [2.24, 2.45) is 7.05 Å². The Labute approximate surface area is 130 Å². The van der Waals surface area contributed by atoms with Crippen molar-refractivity contribution in [2.75, 3.05) is 18.0 Å². The minimum Gasteiger partial charge on any atom is -0.369 e. The van der Waals surface area contributed by atoms with Crippen molar-refractivity contribution in [1.29, 1.82) is 5.26 Å². The number of hydrogen-bond acceptors (Lipinski definition) is 5. The first kappa shape index (κ1) is 14.5. The molecule has 2 aromatic rings. The van der Waals surface area contributed by atoms with Gasteiger partial charge >= 0.3 is 0 Å². The molecule has 0 unspecified atom stereocenters. The molecule has 6 heteroatoms. The molecule has 3 rings (SSSR count). The van der Waals surface area contributed by atoms with Crippen LogP contribution in [0.5, 0.6) is 0 Å². The van der Waals surface area contributed by atoms with E-state index in [0.29, 0.717) is 5.69 Å². The number of piperidine rings is 1. The first-order chi connectivity index (χ1) is 10.5. The Kier molecular flexibility index (Phi) is 3.57. The topological polar surface area (TPSA) is 70.6 Å². The highest BCUT2D eigenvalue weighted by Crippen LogP contribution is 2.36. The molecule has 0 aromatic carbocycles. The number of rotatable bonds is 2. The minimum absolute atomic E-state index is 0.0324. The summed E-state index contributed by atoms with van der Waals surface area (Å²) in [6.07, 6.45) is 5.43. The van der Waals surface area contributed by atoms with Crippen LogP contribution in [0, 0.1) is 18.3 Å². The number of aromatic nitrogens is 4. The zero-order valence-electron chi connectivity index (χ0n) is 13.2. The van der Waals surface area contributed by atoms with Crippen molar-refractivity contribution < 1.29 is 0 Å². The summed E-state index contributed by atoms with van der Waals surface area (Å²) in [7, 11) is 1.99. The lowest BCUT2D eigenvalue weighted by Gasteiger charge is -2.40. The molecule has 3 heterocycles. The Hall–Kier alpha value is -2.42. The van der Waals surface area contributed by atoms with Gasteiger partial charge in [0.25, 0.3) is 0 Å². The summed E-state index contributed by atoms with van der Waals surface area (Å²) in [5.74, 6) is 1.04. The maximum Gasteiger partial charge on any atom is 0.164 e. The highest BCUT2D eigenvalue weighted by atomic mass is 15.3. The van der Waals surface area contributed by atoms with Crippen LogP contribution in [0.3, 0.4) is 0 Å². The van der Waals surface area contributed by atoms with Gasteiger partial charge in [-0.25, -0.2) is 4.98 Å². The number of nitrogens with zero attached hydrogens (tertiary/aromatic N) is 6. The smallest absolute Gasteiger partial charge is 0.164 e. The van der Waals surface area contributed by atoms with E-state index in [9.17, 15) is 5.26 Å². The van der Waals surface area contributed by atoms with Gasteiger partial charge in [0.15, 0.2) is 5.69 Å². The SMILES string of the molecule is Cc1ccnc(C#N)c1N1CCC(C)(c2nncn2C)CC1. The third kappa shape index (κ3) is 2.33. The maximum atomic E-state index is 9.30. The molecule has 1 saturated heterocycles. The van der Waals surface area contributed by atoms with E-state index in [1.165, 1.54) is 0 Å². The molecule has 0 atom stereocenters. The quantitative estimate of drug-likeness (QED) is 0.847. The second-order valence-corrected chi connectivity index (χ2v) is 6.25. The van der Waals surface area contributed by atoms with Crippen molar-refractivity contribution >= 4 is 5.69 Å². The van der Waals surface area contributed by atoms with E-state index in [4.69, 9.17) is 0 Å². The molecule has 0 N–H and O–H groups in total. The van der Waals surface area contributed by atoms with Gasteiger partial charge in [0.05, 0.1) is 5.69 Å². The molecule has 0 amide bonds. The van der Waals surface area contributed by atoms with Gasteiger partial charge in [0.1, 0.15) is 18.2 Å². The van der Waals surface area contributed by atoms with E-state index < -0.39 is 0 Å². The molecular formula is C16H20N6. The van der Waals surface area contributed by atoms with Gasteiger partial charge in [-0.15, -0.1) is 10.2 Å². The van der Waals surface area contributed by atoms with Gasteiger partial charge < -0.3 is 9.47 Å². The molecule has 22 heavy (non-hydrogen) atoms. The standard InChI is InChI=1S/C16H20N6/c1-12-4-7-18-13(10-17)14(12)22-8-5-16(2,6-9-22)15-20-19-11-21(15)3/h4,7,11H,5-6,8-9H2,1-3H3. The fourth-order valence-electron chi connectivity index (χ4n) is 3.31. The monoisotopic (exact) mass is 296 g/mol. The zero-order chi connectivity index (χ0) is 15.7. The molecular weight excluding hydrogens is 276 g/mol. The second-order valence-electron chi connectivity index (χ2n) is 6.25. The van der Waals surface area contributed by atoms with Crippen LogP contribution in [0.1, 0.15) is 36.8 Å². The molecule has 6 nitrogen and oxygen atoms in total. The molecule has 1 aliphatic rings. The van der Waals surface area contributed by atoms with Gasteiger partial charge in [-0.1, -0.05) is 6.92 Å². The molecule has 114 valence electrons. The number of anilines is 1. The lowest BCUT2D eigenvalue weighted by Crippen LogP contribution is -2.42. The molecule has 0 aliphatic carbocycles. The lowest BCUT2D eigenvalue weighted by molar-refractivity contribution is 0.334. The normalized spacial score (nSPS) is 17.3. The number of pyridine rings is 1. The first-order valence-electron chi connectivity index (χ1n) is 7.50. The second kappa shape index (κ2) is 5.41. The van der Waals surface area contributed by atoms with Gasteiger partial charge in [-0.3, -0.25) is 0 Å². The summed E-state index contributed by atoms with van der Waals surface area (Å²) in [4.78, 5) is 6.48. The van der Waals surface area contributed by atoms with Crippen LogP contribution in [0.25, 0.3) is 0 Å². The fraction of sp³-hybridized carbons (Fsp3) is 0.500. The van der Waals surface area contributed by atoms with Crippen LogP contribution in [-0.2, 0) is 12.5 Å². The number of hydrogen-bond donors (Lipinski definition) is 0. The van der Waals surface area contributed by atoms with Gasteiger partial charge in [0.2, 0.25) is 0 Å². The predicted octanol–water partition coefficient (Wildman–Crippen LogP) is 1.95. The molecule has 1 fully saturated rings. The Bertz CT molecular complexity index is 718. The van der Waals surface area contributed by atoms with Crippen LogP contribution in [0.4, 0.5) is 5.69 Å². The van der Waals surface area contributed by atoms with Crippen LogP contribution in [0.2, 0.25) is 0 Å². The lowest BCUT2D eigenvalue weighted by atomic mass is 9.79. The van der Waals surface area contributed by atoms with Crippen LogP contribution >= 0.6 is 0 Å². The van der Waals surface area contributed by atoms with Crippen molar-refractivity contribution in [3.63, 3.8) is 0 Å². The largest absolute Gasteiger partial charge is 0.369 e. The van der Waals surface area contributed by atoms with E-state index in [1.807, 2.05) is 24.6 Å². The molecule has 0 bridgehead atoms. The highest BCUT2D eigenvalue weighted by molar-refractivity contribution is 5.61. The van der Waals surface area contributed by atoms with E-state index in [0.717, 1.165) is 43.0 Å². The van der Waals surface area contributed by atoms with E-state index in [-0.39, 0.29) is 5.41 Å². The van der Waals surface area contributed by atoms with Crippen molar-refractivity contribution in [3.8, 4) is 6.07 Å². The third-order valence-corrected chi connectivity index (χ3v) is 4.67. The Morgan fingerprint density at radius 2 is 2.05 bits per heavy atom. The van der Waals surface area contributed by atoms with Gasteiger partial charge in [-0.05, 0) is 31.4 Å². The Morgan fingerprint density at radius 1 is 1.32 bits per heavy atom. The zero-order valence-corrected chi connectivity index (χ0v) is 13.2. The molecule has 0 saturated carbocycles. The average molecular weight is 296 g/mol. The summed E-state index contributed by atoms with van der Waals surface area (Å²) in [5.41, 5.74) is 2.63. The third-order valence-electron chi connectivity index (χ3n) is 4.67. The van der Waals surface area contributed by atoms with Crippen molar-refractivity contribution in [3.05, 3.63) is 35.7 Å². The van der Waals surface area contributed by atoms with E-state index in [2.05, 4.69) is 33.1 Å². The van der Waals surface area contributed by atoms with E-state index >= 15 is 0 Å². The van der Waals surface area contributed by atoms with Crippen LogP contribution < -0.4 is 4.90 Å². The number of nitriles is 1. The van der Waals surface area contributed by atoms with Crippen LogP contribution in [-0.4, -0.2) is 32.8 Å². The molecule has 1 aliphatic heterocycles. The van der Waals surface area contributed by atoms with Crippen LogP contribution in [0.15, 0.2) is 18.6 Å². The average Bonchev–Trinajstić information content (AvgIpc) is 2.95. The fourth-order valence-corrected chi connectivity index (χ4v) is 3.31. The van der Waals surface area contributed by atoms with Crippen molar-refractivity contribution in [1.82, 2.24) is 19.7 Å². The van der Waals surface area contributed by atoms with E-state index in [1.54, 1.807) is 12.5 Å². The molecule has 2 aromatic heterocycles. The van der Waals surface area contributed by atoms with Gasteiger partial charge in [-0.2, -0.15) is 5.26 Å². The molecule has 0 spiro atoms. The van der Waals surface area contributed by atoms with Gasteiger partial charge in [0, 0.05) is 31.7 Å². The summed E-state index contributed by atoms with van der Waals surface area (Å²) >= 11 is 0. The Balaban J connectivity index is 1.84. The number of aryl methyl sites for hydroxylation is 2. The summed E-state index contributed by atoms with van der Waals surface area (Å²) in [5, 5.41) is 17.6. The van der Waals surface area contributed by atoms with Crippen molar-refractivity contribution in [2.45, 2.75) is 32.1 Å². The Morgan fingerprint density at radius 3 is 2.64 bits per heavy atom. The summed E-state index contributed by atoms with van der Waals surface area (Å²) in [6.45, 7) is 6.07. The minimum atomic E-state index is 0.0324. The predicted molar refractivity (Wildman–Crippen MR) is 83.5 cm³/mol.